The zero-order valence-corrected chi connectivity index (χ0v) is 12.6. The molecule has 1 aliphatic rings. The van der Waals surface area contributed by atoms with Gasteiger partial charge < -0.3 is 5.32 Å². The smallest absolute Gasteiger partial charge is 0.138 e. The third kappa shape index (κ3) is 3.78. The van der Waals surface area contributed by atoms with Crippen molar-refractivity contribution in [2.45, 2.75) is 65.5 Å². The maximum absolute atomic E-state index is 4.44. The summed E-state index contributed by atoms with van der Waals surface area (Å²) in [5.74, 6) is 2.72. The fourth-order valence-electron chi connectivity index (χ4n) is 3.27. The number of hydrogen-bond donors (Lipinski definition) is 1. The van der Waals surface area contributed by atoms with E-state index in [0.717, 1.165) is 31.3 Å². The van der Waals surface area contributed by atoms with E-state index >= 15 is 0 Å². The second-order valence-electron chi connectivity index (χ2n) is 5.94. The van der Waals surface area contributed by atoms with Crippen molar-refractivity contribution < 1.29 is 0 Å². The van der Waals surface area contributed by atoms with Crippen LogP contribution in [0, 0.1) is 11.8 Å². The van der Waals surface area contributed by atoms with Gasteiger partial charge in [-0.15, -0.1) is 0 Å². The largest absolute Gasteiger partial charge is 0.314 e. The summed E-state index contributed by atoms with van der Waals surface area (Å²) in [7, 11) is 0. The highest BCUT2D eigenvalue weighted by atomic mass is 15.3. The van der Waals surface area contributed by atoms with Gasteiger partial charge in [0.15, 0.2) is 0 Å². The molecule has 1 N–H and O–H groups in total. The van der Waals surface area contributed by atoms with Crippen LogP contribution in [0.15, 0.2) is 6.33 Å². The quantitative estimate of drug-likeness (QED) is 0.859. The van der Waals surface area contributed by atoms with Crippen molar-refractivity contribution >= 4 is 0 Å². The Bertz CT molecular complexity index is 372. The minimum absolute atomic E-state index is 0.665. The molecule has 1 fully saturated rings. The summed E-state index contributed by atoms with van der Waals surface area (Å²) in [6, 6.07) is 0.665. The Labute approximate surface area is 117 Å². The first-order valence-electron chi connectivity index (χ1n) is 7.84. The molecular formula is C15H28N4. The predicted octanol–water partition coefficient (Wildman–Crippen LogP) is 2.64. The van der Waals surface area contributed by atoms with Crippen LogP contribution in [0.4, 0.5) is 0 Å². The lowest BCUT2D eigenvalue weighted by Crippen LogP contribution is -2.42. The van der Waals surface area contributed by atoms with E-state index in [1.54, 1.807) is 6.33 Å². The van der Waals surface area contributed by atoms with E-state index < -0.39 is 0 Å². The van der Waals surface area contributed by atoms with Gasteiger partial charge in [-0.2, -0.15) is 5.10 Å². The first-order chi connectivity index (χ1) is 9.24. The van der Waals surface area contributed by atoms with Crippen LogP contribution in [-0.4, -0.2) is 27.4 Å². The summed E-state index contributed by atoms with van der Waals surface area (Å²) in [4.78, 5) is 4.44. The molecule has 0 aromatic carbocycles. The normalized spacial score (nSPS) is 27.6. The fourth-order valence-corrected chi connectivity index (χ4v) is 3.27. The molecule has 1 aliphatic carbocycles. The minimum atomic E-state index is 0.665. The van der Waals surface area contributed by atoms with Crippen LogP contribution in [0.1, 0.15) is 52.3 Å². The highest BCUT2D eigenvalue weighted by Crippen LogP contribution is 2.31. The molecule has 1 aromatic rings. The van der Waals surface area contributed by atoms with Crippen LogP contribution < -0.4 is 5.32 Å². The van der Waals surface area contributed by atoms with Crippen LogP contribution in [0.2, 0.25) is 0 Å². The average molecular weight is 264 g/mol. The molecule has 19 heavy (non-hydrogen) atoms. The summed E-state index contributed by atoms with van der Waals surface area (Å²) in [5, 5.41) is 8.03. The molecule has 2 rings (SSSR count). The van der Waals surface area contributed by atoms with Crippen molar-refractivity contribution in [2.75, 3.05) is 6.54 Å². The molecule has 3 atom stereocenters. The number of hydrogen-bond acceptors (Lipinski definition) is 3. The molecule has 108 valence electrons. The van der Waals surface area contributed by atoms with Crippen LogP contribution in [-0.2, 0) is 13.0 Å². The maximum atomic E-state index is 4.44. The Morgan fingerprint density at radius 3 is 2.95 bits per heavy atom. The van der Waals surface area contributed by atoms with Crippen LogP contribution >= 0.6 is 0 Å². The molecule has 3 unspecified atom stereocenters. The molecule has 0 radical (unpaired) electrons. The van der Waals surface area contributed by atoms with Crippen LogP contribution in [0.3, 0.4) is 0 Å². The summed E-state index contributed by atoms with van der Waals surface area (Å²) in [5.41, 5.74) is 0. The number of rotatable bonds is 6. The number of nitrogens with one attached hydrogen (secondary N) is 1. The van der Waals surface area contributed by atoms with Gasteiger partial charge in [0.1, 0.15) is 12.2 Å². The van der Waals surface area contributed by atoms with Gasteiger partial charge in [-0.25, -0.2) is 4.98 Å². The zero-order valence-electron chi connectivity index (χ0n) is 12.6. The highest BCUT2D eigenvalue weighted by molar-refractivity contribution is 4.93. The third-order valence-corrected chi connectivity index (χ3v) is 4.34. The lowest BCUT2D eigenvalue weighted by Gasteiger charge is -2.35. The molecule has 0 aliphatic heterocycles. The number of nitrogens with zero attached hydrogens (tertiary/aromatic N) is 3. The predicted molar refractivity (Wildman–Crippen MR) is 78.0 cm³/mol. The van der Waals surface area contributed by atoms with Crippen molar-refractivity contribution in [3.63, 3.8) is 0 Å². The van der Waals surface area contributed by atoms with Crippen molar-refractivity contribution in [3.8, 4) is 0 Å². The maximum Gasteiger partial charge on any atom is 0.138 e. The summed E-state index contributed by atoms with van der Waals surface area (Å²) in [6.07, 6.45) is 7.96. The minimum Gasteiger partial charge on any atom is -0.314 e. The molecule has 0 spiro atoms. The van der Waals surface area contributed by atoms with Crippen molar-refractivity contribution in [1.29, 1.82) is 0 Å². The summed E-state index contributed by atoms with van der Waals surface area (Å²) >= 11 is 0. The first-order valence-corrected chi connectivity index (χ1v) is 7.84. The average Bonchev–Trinajstić information content (AvgIpc) is 2.85. The number of aromatic nitrogens is 3. The zero-order chi connectivity index (χ0) is 13.7. The monoisotopic (exact) mass is 264 g/mol. The molecule has 1 aromatic heterocycles. The molecule has 4 nitrogen and oxygen atoms in total. The van der Waals surface area contributed by atoms with Gasteiger partial charge in [-0.3, -0.25) is 4.68 Å². The first kappa shape index (κ1) is 14.5. The molecule has 0 bridgehead atoms. The van der Waals surface area contributed by atoms with Crippen LogP contribution in [0.25, 0.3) is 0 Å². The van der Waals surface area contributed by atoms with Crippen molar-refractivity contribution in [2.24, 2.45) is 11.8 Å². The lowest BCUT2D eigenvalue weighted by molar-refractivity contribution is 0.208. The number of aryl methyl sites for hydroxylation is 1. The Hall–Kier alpha value is -0.900. The van der Waals surface area contributed by atoms with Crippen molar-refractivity contribution in [1.82, 2.24) is 20.1 Å². The molecule has 0 saturated heterocycles. The Kier molecular flexibility index (Phi) is 5.37. The second kappa shape index (κ2) is 7.04. The van der Waals surface area contributed by atoms with Gasteiger partial charge in [-0.05, 0) is 51.0 Å². The van der Waals surface area contributed by atoms with Crippen molar-refractivity contribution in [3.05, 3.63) is 12.2 Å². The second-order valence-corrected chi connectivity index (χ2v) is 5.94. The van der Waals surface area contributed by atoms with Gasteiger partial charge in [0.05, 0.1) is 0 Å². The van der Waals surface area contributed by atoms with Gasteiger partial charge in [0.2, 0.25) is 0 Å². The molecule has 1 saturated carbocycles. The summed E-state index contributed by atoms with van der Waals surface area (Å²) < 4.78 is 2.04. The standard InChI is InChI=1S/C15H28N4/c1-4-8-16-14-7-6-12(3)9-13(14)10-15-17-11-18-19(15)5-2/h11-14,16H,4-10H2,1-3H3. The van der Waals surface area contributed by atoms with Crippen LogP contribution in [0.5, 0.6) is 0 Å². The van der Waals surface area contributed by atoms with E-state index in [9.17, 15) is 0 Å². The fraction of sp³-hybridized carbons (Fsp3) is 0.867. The highest BCUT2D eigenvalue weighted by Gasteiger charge is 2.29. The van der Waals surface area contributed by atoms with E-state index in [4.69, 9.17) is 0 Å². The molecule has 1 heterocycles. The van der Waals surface area contributed by atoms with E-state index in [-0.39, 0.29) is 0 Å². The van der Waals surface area contributed by atoms with E-state index in [1.165, 1.54) is 25.7 Å². The lowest BCUT2D eigenvalue weighted by atomic mass is 9.77. The topological polar surface area (TPSA) is 42.7 Å². The molecule has 4 heteroatoms. The SMILES string of the molecule is CCCNC1CCC(C)CC1Cc1ncnn1CC. The van der Waals surface area contributed by atoms with E-state index in [0.29, 0.717) is 12.0 Å². The van der Waals surface area contributed by atoms with Gasteiger partial charge in [0, 0.05) is 19.0 Å². The van der Waals surface area contributed by atoms with E-state index in [2.05, 4.69) is 36.2 Å². The Balaban J connectivity index is 2.00. The van der Waals surface area contributed by atoms with E-state index in [1.807, 2.05) is 4.68 Å². The molecular weight excluding hydrogens is 236 g/mol. The third-order valence-electron chi connectivity index (χ3n) is 4.34. The molecule has 0 amide bonds. The Morgan fingerprint density at radius 2 is 2.21 bits per heavy atom. The van der Waals surface area contributed by atoms with Gasteiger partial charge in [-0.1, -0.05) is 13.8 Å². The van der Waals surface area contributed by atoms with Gasteiger partial charge in [0.25, 0.3) is 0 Å². The summed E-state index contributed by atoms with van der Waals surface area (Å²) in [6.45, 7) is 8.81. The Morgan fingerprint density at radius 1 is 1.37 bits per heavy atom. The van der Waals surface area contributed by atoms with Gasteiger partial charge >= 0.3 is 0 Å².